The highest BCUT2D eigenvalue weighted by atomic mass is 16.5. The predicted octanol–water partition coefficient (Wildman–Crippen LogP) is 6.15. The van der Waals surface area contributed by atoms with Gasteiger partial charge in [-0.25, -0.2) is 14.8 Å². The Morgan fingerprint density at radius 2 is 1.44 bits per heavy atom. The van der Waals surface area contributed by atoms with E-state index in [4.69, 9.17) is 19.4 Å². The molecule has 1 saturated heterocycles. The molecule has 1 aromatic heterocycles. The highest BCUT2D eigenvalue weighted by Crippen LogP contribution is 2.33. The summed E-state index contributed by atoms with van der Waals surface area (Å²) >= 11 is 0. The summed E-state index contributed by atoms with van der Waals surface area (Å²) < 4.78 is 11.0. The van der Waals surface area contributed by atoms with Crippen molar-refractivity contribution in [3.05, 3.63) is 96.6 Å². The molecule has 228 valence electrons. The maximum atomic E-state index is 12.7. The molecular formula is C35H34N6O4. The Labute approximate surface area is 261 Å². The molecule has 10 heteroatoms. The van der Waals surface area contributed by atoms with E-state index in [-0.39, 0.29) is 5.91 Å². The van der Waals surface area contributed by atoms with Gasteiger partial charge in [0, 0.05) is 55.1 Å². The zero-order valence-electron chi connectivity index (χ0n) is 25.4. The van der Waals surface area contributed by atoms with E-state index in [1.54, 1.807) is 45.5 Å². The molecule has 0 unspecified atom stereocenters. The smallest absolute Gasteiger partial charge is 0.323 e. The molecule has 45 heavy (non-hydrogen) atoms. The van der Waals surface area contributed by atoms with Gasteiger partial charge in [-0.15, -0.1) is 0 Å². The third kappa shape index (κ3) is 6.71. The van der Waals surface area contributed by atoms with Gasteiger partial charge in [-0.3, -0.25) is 4.79 Å². The minimum absolute atomic E-state index is 0.101. The second kappa shape index (κ2) is 13.0. The van der Waals surface area contributed by atoms with Crippen molar-refractivity contribution >= 4 is 40.0 Å². The number of ether oxygens (including phenoxy) is 2. The zero-order chi connectivity index (χ0) is 31.3. The number of hydrogen-bond donors (Lipinski definition) is 2. The van der Waals surface area contributed by atoms with E-state index in [1.807, 2.05) is 42.5 Å². The van der Waals surface area contributed by atoms with Gasteiger partial charge in [-0.05, 0) is 83.9 Å². The lowest BCUT2D eigenvalue weighted by Crippen LogP contribution is -2.37. The first-order valence-electron chi connectivity index (χ1n) is 14.7. The van der Waals surface area contributed by atoms with Crippen molar-refractivity contribution < 1.29 is 19.1 Å². The van der Waals surface area contributed by atoms with E-state index < -0.39 is 6.03 Å². The van der Waals surface area contributed by atoms with E-state index in [9.17, 15) is 9.59 Å². The topological polar surface area (TPSA) is 109 Å². The fourth-order valence-corrected chi connectivity index (χ4v) is 5.19. The van der Waals surface area contributed by atoms with Crippen molar-refractivity contribution in [3.63, 3.8) is 0 Å². The van der Waals surface area contributed by atoms with Gasteiger partial charge < -0.3 is 29.9 Å². The van der Waals surface area contributed by atoms with Crippen molar-refractivity contribution in [2.24, 2.45) is 0 Å². The number of fused-ring (bicyclic) bond motifs is 1. The number of carbonyl (C=O) groups is 2. The van der Waals surface area contributed by atoms with Crippen LogP contribution in [-0.4, -0.2) is 74.3 Å². The van der Waals surface area contributed by atoms with E-state index in [0.717, 1.165) is 52.3 Å². The first kappa shape index (κ1) is 29.6. The summed E-state index contributed by atoms with van der Waals surface area (Å²) in [5.41, 5.74) is 5.47. The Bertz CT molecular complexity index is 1830. The summed E-state index contributed by atoms with van der Waals surface area (Å²) in [5, 5.41) is 6.63. The van der Waals surface area contributed by atoms with Crippen LogP contribution in [0.2, 0.25) is 0 Å². The maximum Gasteiger partial charge on any atom is 0.323 e. The molecule has 2 heterocycles. The molecule has 0 bridgehead atoms. The van der Waals surface area contributed by atoms with Crippen LogP contribution in [0, 0.1) is 0 Å². The quantitative estimate of drug-likeness (QED) is 0.230. The van der Waals surface area contributed by atoms with Crippen LogP contribution in [0.15, 0.2) is 91.0 Å². The van der Waals surface area contributed by atoms with E-state index >= 15 is 0 Å². The lowest BCUT2D eigenvalue weighted by molar-refractivity contribution is 0.0827. The Balaban J connectivity index is 1.25. The molecule has 1 fully saturated rings. The zero-order valence-corrected chi connectivity index (χ0v) is 25.4. The van der Waals surface area contributed by atoms with E-state index in [0.29, 0.717) is 36.0 Å². The standard InChI is InChI=1S/C35H34N6O4/c1-40(2)34(42)24-9-14-28(15-10-24)37-35(43)36-27-12-7-23(8-13-27)32-38-31-22-26(25-5-4-6-29(21-25)44-3)11-16-30(31)33(39-32)41-17-19-45-20-18-41/h4-16,21-22H,17-20H2,1-3H3,(H2,36,37,43). The number of benzene rings is 4. The third-order valence-electron chi connectivity index (χ3n) is 7.59. The molecule has 6 rings (SSSR count). The minimum Gasteiger partial charge on any atom is -0.497 e. The van der Waals surface area contributed by atoms with Crippen molar-refractivity contribution in [3.8, 4) is 28.3 Å². The number of nitrogens with zero attached hydrogens (tertiary/aromatic N) is 4. The highest BCUT2D eigenvalue weighted by Gasteiger charge is 2.19. The van der Waals surface area contributed by atoms with Crippen LogP contribution in [0.1, 0.15) is 10.4 Å². The average Bonchev–Trinajstić information content (AvgIpc) is 3.08. The largest absolute Gasteiger partial charge is 0.497 e. The van der Waals surface area contributed by atoms with Crippen LogP contribution in [-0.2, 0) is 4.74 Å². The molecule has 0 atom stereocenters. The van der Waals surface area contributed by atoms with E-state index in [1.165, 1.54) is 4.90 Å². The van der Waals surface area contributed by atoms with Crippen molar-refractivity contribution in [2.45, 2.75) is 0 Å². The molecular weight excluding hydrogens is 568 g/mol. The van der Waals surface area contributed by atoms with Crippen molar-refractivity contribution in [1.82, 2.24) is 14.9 Å². The first-order valence-corrected chi connectivity index (χ1v) is 14.7. The lowest BCUT2D eigenvalue weighted by Gasteiger charge is -2.29. The second-order valence-corrected chi connectivity index (χ2v) is 10.9. The van der Waals surface area contributed by atoms with Crippen LogP contribution in [0.3, 0.4) is 0 Å². The summed E-state index contributed by atoms with van der Waals surface area (Å²) in [5.74, 6) is 2.16. The number of morpholine rings is 1. The molecule has 0 spiro atoms. The van der Waals surface area contributed by atoms with Gasteiger partial charge >= 0.3 is 6.03 Å². The average molecular weight is 603 g/mol. The summed E-state index contributed by atoms with van der Waals surface area (Å²) in [6, 6.07) is 28.0. The van der Waals surface area contributed by atoms with Crippen LogP contribution in [0.5, 0.6) is 5.75 Å². The van der Waals surface area contributed by atoms with Gasteiger partial charge in [0.1, 0.15) is 11.6 Å². The van der Waals surface area contributed by atoms with Gasteiger partial charge in [0.15, 0.2) is 5.82 Å². The molecule has 5 aromatic rings. The normalized spacial score (nSPS) is 12.9. The molecule has 1 aliphatic rings. The van der Waals surface area contributed by atoms with Gasteiger partial charge in [0.25, 0.3) is 5.91 Å². The van der Waals surface area contributed by atoms with E-state index in [2.05, 4.69) is 39.8 Å². The first-order chi connectivity index (χ1) is 21.9. The Hall–Kier alpha value is -5.48. The number of rotatable bonds is 7. The van der Waals surface area contributed by atoms with Gasteiger partial charge in [0.05, 0.1) is 25.8 Å². The van der Waals surface area contributed by atoms with Gasteiger partial charge in [-0.2, -0.15) is 0 Å². The van der Waals surface area contributed by atoms with Crippen LogP contribution < -0.4 is 20.3 Å². The molecule has 0 aliphatic carbocycles. The monoisotopic (exact) mass is 602 g/mol. The third-order valence-corrected chi connectivity index (χ3v) is 7.59. The van der Waals surface area contributed by atoms with Crippen LogP contribution >= 0.6 is 0 Å². The number of aromatic nitrogens is 2. The molecule has 4 aromatic carbocycles. The van der Waals surface area contributed by atoms with Crippen molar-refractivity contribution in [2.75, 3.05) is 63.0 Å². The SMILES string of the molecule is COc1cccc(-c2ccc3c(N4CCOCC4)nc(-c4ccc(NC(=O)Nc5ccc(C(=O)N(C)C)cc5)cc4)nc3c2)c1. The molecule has 10 nitrogen and oxygen atoms in total. The summed E-state index contributed by atoms with van der Waals surface area (Å²) in [6.45, 7) is 2.78. The number of urea groups is 1. The van der Waals surface area contributed by atoms with Gasteiger partial charge in [-0.1, -0.05) is 18.2 Å². The second-order valence-electron chi connectivity index (χ2n) is 10.9. The number of amides is 3. The lowest BCUT2D eigenvalue weighted by atomic mass is 10.0. The Morgan fingerprint density at radius 1 is 0.800 bits per heavy atom. The number of carbonyl (C=O) groups excluding carboxylic acids is 2. The minimum atomic E-state index is -0.393. The Morgan fingerprint density at radius 3 is 2.11 bits per heavy atom. The van der Waals surface area contributed by atoms with Gasteiger partial charge in [0.2, 0.25) is 0 Å². The fourth-order valence-electron chi connectivity index (χ4n) is 5.19. The summed E-state index contributed by atoms with van der Waals surface area (Å²) in [6.07, 6.45) is 0. The van der Waals surface area contributed by atoms with Crippen LogP contribution in [0.4, 0.5) is 22.0 Å². The Kier molecular flexibility index (Phi) is 8.56. The molecule has 3 amide bonds. The molecule has 1 aliphatic heterocycles. The summed E-state index contributed by atoms with van der Waals surface area (Å²) in [7, 11) is 5.06. The summed E-state index contributed by atoms with van der Waals surface area (Å²) in [4.78, 5) is 38.5. The number of methoxy groups -OCH3 is 1. The van der Waals surface area contributed by atoms with Crippen LogP contribution in [0.25, 0.3) is 33.4 Å². The molecule has 0 radical (unpaired) electrons. The maximum absolute atomic E-state index is 12.7. The number of hydrogen-bond acceptors (Lipinski definition) is 7. The number of anilines is 3. The predicted molar refractivity (Wildman–Crippen MR) is 177 cm³/mol. The van der Waals surface area contributed by atoms with Crippen molar-refractivity contribution in [1.29, 1.82) is 0 Å². The molecule has 2 N–H and O–H groups in total. The fraction of sp³-hybridized carbons (Fsp3) is 0.200. The number of nitrogens with one attached hydrogen (secondary N) is 2. The highest BCUT2D eigenvalue weighted by molar-refractivity contribution is 6.00. The molecule has 0 saturated carbocycles.